The third-order valence-electron chi connectivity index (χ3n) is 5.39. The summed E-state index contributed by atoms with van der Waals surface area (Å²) >= 11 is 0. The Balaban J connectivity index is 1.53. The third-order valence-corrected chi connectivity index (χ3v) is 5.39. The Bertz CT molecular complexity index is 1030. The van der Waals surface area contributed by atoms with Crippen LogP contribution in [0.2, 0.25) is 0 Å². The molecule has 2 aromatic carbocycles. The zero-order valence-electron chi connectivity index (χ0n) is 17.9. The van der Waals surface area contributed by atoms with Crippen LogP contribution in [-0.4, -0.2) is 5.97 Å². The maximum Gasteiger partial charge on any atom is 0.343 e. The molecule has 1 heterocycles. The van der Waals surface area contributed by atoms with Crippen LogP contribution in [0, 0.1) is 6.92 Å². The number of benzene rings is 2. The monoisotopic (exact) mass is 406 g/mol. The quantitative estimate of drug-likeness (QED) is 0.164. The Morgan fingerprint density at radius 3 is 2.33 bits per heavy atom. The summed E-state index contributed by atoms with van der Waals surface area (Å²) in [5.41, 5.74) is 2.57. The minimum absolute atomic E-state index is 0.355. The maximum atomic E-state index is 12.5. The average molecular weight is 407 g/mol. The fraction of sp³-hybridized carbons (Fsp3) is 0.385. The highest BCUT2D eigenvalue weighted by molar-refractivity contribution is 5.91. The van der Waals surface area contributed by atoms with Crippen LogP contribution in [-0.2, 0) is 6.42 Å². The minimum Gasteiger partial charge on any atom is -0.423 e. The van der Waals surface area contributed by atoms with Crippen molar-refractivity contribution in [3.05, 3.63) is 75.6 Å². The molecule has 0 amide bonds. The molecule has 0 aliphatic rings. The lowest BCUT2D eigenvalue weighted by atomic mass is 10.0. The molecule has 30 heavy (non-hydrogen) atoms. The van der Waals surface area contributed by atoms with Gasteiger partial charge in [0.25, 0.3) is 0 Å². The van der Waals surface area contributed by atoms with Crippen LogP contribution in [0.5, 0.6) is 5.75 Å². The van der Waals surface area contributed by atoms with Crippen molar-refractivity contribution in [1.82, 2.24) is 0 Å². The van der Waals surface area contributed by atoms with Gasteiger partial charge in [-0.15, -0.1) is 0 Å². The van der Waals surface area contributed by atoms with E-state index in [1.54, 1.807) is 18.2 Å². The zero-order valence-corrected chi connectivity index (χ0v) is 17.9. The number of hydrogen-bond acceptors (Lipinski definition) is 4. The van der Waals surface area contributed by atoms with Gasteiger partial charge in [0.1, 0.15) is 11.3 Å². The van der Waals surface area contributed by atoms with Gasteiger partial charge in [0.05, 0.1) is 5.56 Å². The van der Waals surface area contributed by atoms with E-state index in [0.29, 0.717) is 16.9 Å². The Labute approximate surface area is 177 Å². The predicted molar refractivity (Wildman–Crippen MR) is 120 cm³/mol. The van der Waals surface area contributed by atoms with Crippen LogP contribution < -0.4 is 10.4 Å². The Morgan fingerprint density at radius 2 is 1.60 bits per heavy atom. The molecule has 1 aromatic heterocycles. The summed E-state index contributed by atoms with van der Waals surface area (Å²) in [5.74, 6) is -0.0692. The Morgan fingerprint density at radius 1 is 0.900 bits per heavy atom. The van der Waals surface area contributed by atoms with Gasteiger partial charge < -0.3 is 9.15 Å². The molecular formula is C26H30O4. The molecule has 0 aliphatic heterocycles. The molecule has 3 aromatic rings. The lowest BCUT2D eigenvalue weighted by Crippen LogP contribution is -2.08. The molecule has 0 aliphatic carbocycles. The van der Waals surface area contributed by atoms with E-state index in [1.165, 1.54) is 56.6 Å². The van der Waals surface area contributed by atoms with Crippen LogP contribution in [0.3, 0.4) is 0 Å². The number of rotatable bonds is 10. The van der Waals surface area contributed by atoms with Crippen molar-refractivity contribution in [2.45, 2.75) is 65.2 Å². The van der Waals surface area contributed by atoms with E-state index >= 15 is 0 Å². The summed E-state index contributed by atoms with van der Waals surface area (Å²) in [7, 11) is 0. The van der Waals surface area contributed by atoms with Gasteiger partial charge in [0.2, 0.25) is 0 Å². The molecule has 4 nitrogen and oxygen atoms in total. The summed E-state index contributed by atoms with van der Waals surface area (Å²) in [6.45, 7) is 4.08. The lowest BCUT2D eigenvalue weighted by molar-refractivity contribution is 0.0735. The molecule has 0 radical (unpaired) electrons. The number of carbonyl (C=O) groups is 1. The highest BCUT2D eigenvalue weighted by Crippen LogP contribution is 2.23. The van der Waals surface area contributed by atoms with Crippen molar-refractivity contribution in [3.63, 3.8) is 0 Å². The molecule has 0 spiro atoms. The van der Waals surface area contributed by atoms with E-state index in [0.717, 1.165) is 17.4 Å². The number of ether oxygens (including phenoxy) is 1. The molecule has 0 N–H and O–H groups in total. The van der Waals surface area contributed by atoms with Crippen molar-refractivity contribution in [2.24, 2.45) is 0 Å². The summed E-state index contributed by atoms with van der Waals surface area (Å²) in [6, 6.07) is 14.1. The predicted octanol–water partition coefficient (Wildman–Crippen LogP) is 6.61. The van der Waals surface area contributed by atoms with Gasteiger partial charge in [-0.1, -0.05) is 57.6 Å². The summed E-state index contributed by atoms with van der Waals surface area (Å²) in [6.07, 6.45) is 10.1. The first kappa shape index (κ1) is 21.8. The van der Waals surface area contributed by atoms with E-state index in [2.05, 4.69) is 6.92 Å². The Hall–Kier alpha value is -2.88. The second kappa shape index (κ2) is 10.8. The second-order valence-corrected chi connectivity index (χ2v) is 7.86. The first-order chi connectivity index (χ1) is 14.6. The van der Waals surface area contributed by atoms with Crippen molar-refractivity contribution in [1.29, 1.82) is 0 Å². The van der Waals surface area contributed by atoms with Gasteiger partial charge in [-0.25, -0.2) is 9.59 Å². The molecule has 0 unspecified atom stereocenters. The van der Waals surface area contributed by atoms with Crippen molar-refractivity contribution in [3.8, 4) is 5.75 Å². The van der Waals surface area contributed by atoms with Gasteiger partial charge in [-0.2, -0.15) is 0 Å². The first-order valence-corrected chi connectivity index (χ1v) is 10.9. The number of unbranched alkanes of at least 4 members (excludes halogenated alkanes) is 6. The van der Waals surface area contributed by atoms with Crippen LogP contribution in [0.4, 0.5) is 0 Å². The highest BCUT2D eigenvalue weighted by atomic mass is 16.5. The van der Waals surface area contributed by atoms with E-state index < -0.39 is 11.6 Å². The van der Waals surface area contributed by atoms with Gasteiger partial charge in [0.15, 0.2) is 0 Å². The van der Waals surface area contributed by atoms with Crippen LogP contribution >= 0.6 is 0 Å². The number of aryl methyl sites for hydroxylation is 2. The van der Waals surface area contributed by atoms with Crippen LogP contribution in [0.25, 0.3) is 11.0 Å². The van der Waals surface area contributed by atoms with E-state index in [4.69, 9.17) is 9.15 Å². The molecule has 0 saturated carbocycles. The van der Waals surface area contributed by atoms with Gasteiger partial charge >= 0.3 is 11.6 Å². The average Bonchev–Trinajstić information content (AvgIpc) is 2.73. The largest absolute Gasteiger partial charge is 0.423 e. The van der Waals surface area contributed by atoms with Gasteiger partial charge in [-0.05, 0) is 55.2 Å². The molecule has 0 fully saturated rings. The number of esters is 1. The van der Waals surface area contributed by atoms with E-state index in [9.17, 15) is 9.59 Å². The fourth-order valence-corrected chi connectivity index (χ4v) is 3.63. The SMILES string of the molecule is CCCCCCCCCc1ccc(C(=O)Oc2ccc3c(C)cc(=O)oc3c2)cc1. The topological polar surface area (TPSA) is 56.5 Å². The van der Waals surface area contributed by atoms with Crippen molar-refractivity contribution in [2.75, 3.05) is 0 Å². The molecular weight excluding hydrogens is 376 g/mol. The van der Waals surface area contributed by atoms with Crippen molar-refractivity contribution < 1.29 is 13.9 Å². The van der Waals surface area contributed by atoms with Crippen LogP contribution in [0.1, 0.15) is 73.4 Å². The molecule has 0 saturated heterocycles. The summed E-state index contributed by atoms with van der Waals surface area (Å²) in [4.78, 5) is 24.0. The number of fused-ring (bicyclic) bond motifs is 1. The van der Waals surface area contributed by atoms with Crippen LogP contribution in [0.15, 0.2) is 57.7 Å². The molecule has 0 atom stereocenters. The minimum atomic E-state index is -0.424. The molecule has 158 valence electrons. The van der Waals surface area contributed by atoms with Gasteiger partial charge in [0, 0.05) is 17.5 Å². The number of hydrogen-bond donors (Lipinski definition) is 0. The first-order valence-electron chi connectivity index (χ1n) is 10.9. The Kier molecular flexibility index (Phi) is 7.83. The normalized spacial score (nSPS) is 11.0. The van der Waals surface area contributed by atoms with Crippen molar-refractivity contribution >= 4 is 16.9 Å². The fourth-order valence-electron chi connectivity index (χ4n) is 3.63. The lowest BCUT2D eigenvalue weighted by Gasteiger charge is -2.07. The standard InChI is InChI=1S/C26H30O4/c1-3-4-5-6-7-8-9-10-20-11-13-21(14-12-20)26(28)29-22-15-16-23-19(2)17-25(27)30-24(23)18-22/h11-18H,3-10H2,1-2H3. The molecule has 4 heteroatoms. The molecule has 3 rings (SSSR count). The molecule has 0 bridgehead atoms. The van der Waals surface area contributed by atoms with E-state index in [1.807, 2.05) is 31.2 Å². The maximum absolute atomic E-state index is 12.5. The highest BCUT2D eigenvalue weighted by Gasteiger charge is 2.11. The zero-order chi connectivity index (χ0) is 21.3. The smallest absolute Gasteiger partial charge is 0.343 e. The third kappa shape index (κ3) is 6.06. The van der Waals surface area contributed by atoms with Gasteiger partial charge in [-0.3, -0.25) is 0 Å². The van der Waals surface area contributed by atoms with E-state index in [-0.39, 0.29) is 0 Å². The number of carbonyl (C=O) groups excluding carboxylic acids is 1. The second-order valence-electron chi connectivity index (χ2n) is 7.86. The summed E-state index contributed by atoms with van der Waals surface area (Å²) < 4.78 is 10.7. The summed E-state index contributed by atoms with van der Waals surface area (Å²) in [5, 5.41) is 0.823.